The van der Waals surface area contributed by atoms with E-state index in [1.54, 1.807) is 0 Å². The van der Waals surface area contributed by atoms with Gasteiger partial charge < -0.3 is 0 Å². The predicted molar refractivity (Wildman–Crippen MR) is 145 cm³/mol. The van der Waals surface area contributed by atoms with Crippen LogP contribution in [0.5, 0.6) is 0 Å². The molecule has 2 aromatic carbocycles. The van der Waals surface area contributed by atoms with Gasteiger partial charge in [0.25, 0.3) is 0 Å². The summed E-state index contributed by atoms with van der Waals surface area (Å²) in [6, 6.07) is 16.2. The van der Waals surface area contributed by atoms with Crippen LogP contribution in [0.1, 0.15) is 49.3 Å². The largest absolute Gasteiger partial charge is 0.256 e. The summed E-state index contributed by atoms with van der Waals surface area (Å²) in [4.78, 5) is 4.84. The molecule has 0 atom stereocenters. The fourth-order valence-corrected chi connectivity index (χ4v) is 4.07. The topological polar surface area (TPSA) is 12.9 Å². The van der Waals surface area contributed by atoms with Crippen LogP contribution in [0.3, 0.4) is 0 Å². The van der Waals surface area contributed by atoms with Gasteiger partial charge in [-0.15, -0.1) is 0 Å². The molecule has 0 aliphatic heterocycles. The van der Waals surface area contributed by atoms with Gasteiger partial charge in [0.15, 0.2) is 0 Å². The molecule has 1 aromatic heterocycles. The van der Waals surface area contributed by atoms with E-state index in [2.05, 4.69) is 103 Å². The summed E-state index contributed by atoms with van der Waals surface area (Å²) in [5, 5.41) is 2.73. The molecular formula is C22H31B6N. The Kier molecular flexibility index (Phi) is 6.18. The van der Waals surface area contributed by atoms with Crippen LogP contribution in [-0.4, -0.2) is 52.1 Å². The molecule has 0 saturated heterocycles. The van der Waals surface area contributed by atoms with E-state index in [0.29, 0.717) is 5.92 Å². The van der Waals surface area contributed by atoms with E-state index in [1.165, 1.54) is 45.9 Å². The molecule has 0 saturated carbocycles. The maximum absolute atomic E-state index is 4.84. The number of fused-ring (bicyclic) bond motifs is 1. The minimum atomic E-state index is 0.100. The summed E-state index contributed by atoms with van der Waals surface area (Å²) in [7, 11) is 13.7. The van der Waals surface area contributed by atoms with Crippen molar-refractivity contribution in [2.24, 2.45) is 0 Å². The zero-order valence-electron chi connectivity index (χ0n) is 19.6. The minimum absolute atomic E-state index is 0.100. The van der Waals surface area contributed by atoms with E-state index in [1.807, 2.05) is 6.20 Å². The molecule has 142 valence electrons. The predicted octanol–water partition coefficient (Wildman–Crippen LogP) is -0.175. The van der Waals surface area contributed by atoms with Gasteiger partial charge in [-0.05, 0) is 35.8 Å². The number of rotatable bonds is 6. The number of aromatic nitrogens is 1. The molecule has 0 spiro atoms. The van der Waals surface area contributed by atoms with E-state index in [0.717, 1.165) is 5.69 Å². The van der Waals surface area contributed by atoms with Gasteiger partial charge in [0, 0.05) is 17.1 Å². The number of hydrogen-bond donors (Lipinski definition) is 0. The SMILES string of the molecule is BC(B)(B)c1cc(-c2nccc3cc(C(CC)CC)ccc23)cc(C(B)(B)B)c1. The summed E-state index contributed by atoms with van der Waals surface area (Å²) in [6.45, 7) is 4.56. The molecule has 0 aliphatic carbocycles. The first-order valence-electron chi connectivity index (χ1n) is 11.1. The van der Waals surface area contributed by atoms with E-state index in [-0.39, 0.29) is 10.2 Å². The van der Waals surface area contributed by atoms with E-state index < -0.39 is 0 Å². The second-order valence-corrected chi connectivity index (χ2v) is 10.5. The maximum Gasteiger partial charge on any atom is 0.0955 e. The molecule has 7 heteroatoms. The zero-order chi connectivity index (χ0) is 21.4. The summed E-state index contributed by atoms with van der Waals surface area (Å²) in [6.07, 6.45) is 4.33. The van der Waals surface area contributed by atoms with Crippen LogP contribution in [0.25, 0.3) is 22.0 Å². The number of pyridine rings is 1. The lowest BCUT2D eigenvalue weighted by Crippen LogP contribution is -2.30. The summed E-state index contributed by atoms with van der Waals surface area (Å²) >= 11 is 0. The Morgan fingerprint density at radius 3 is 1.90 bits per heavy atom. The third kappa shape index (κ3) is 4.71. The second kappa shape index (κ2) is 8.17. The fraction of sp³-hybridized carbons (Fsp3) is 0.318. The molecule has 0 amide bonds. The van der Waals surface area contributed by atoms with Crippen LogP contribution in [0.4, 0.5) is 0 Å². The van der Waals surface area contributed by atoms with Crippen molar-refractivity contribution in [3.8, 4) is 11.3 Å². The van der Waals surface area contributed by atoms with Crippen molar-refractivity contribution < 1.29 is 0 Å². The van der Waals surface area contributed by atoms with Crippen LogP contribution < -0.4 is 0 Å². The molecule has 3 aromatic rings. The lowest BCUT2D eigenvalue weighted by molar-refractivity contribution is 0.643. The maximum atomic E-state index is 4.84. The molecule has 1 nitrogen and oxygen atoms in total. The molecule has 0 bridgehead atoms. The first kappa shape index (κ1) is 21.9. The van der Waals surface area contributed by atoms with Crippen LogP contribution >= 0.6 is 0 Å². The lowest BCUT2D eigenvalue weighted by atomic mass is 9.37. The van der Waals surface area contributed by atoms with Crippen molar-refractivity contribution in [3.63, 3.8) is 0 Å². The Morgan fingerprint density at radius 1 is 0.793 bits per heavy atom. The summed E-state index contributed by atoms with van der Waals surface area (Å²) in [5.41, 5.74) is 6.50. The van der Waals surface area contributed by atoms with Gasteiger partial charge >= 0.3 is 0 Å². The third-order valence-corrected chi connectivity index (χ3v) is 6.18. The van der Waals surface area contributed by atoms with Crippen LogP contribution in [0, 0.1) is 0 Å². The first-order chi connectivity index (χ1) is 13.5. The van der Waals surface area contributed by atoms with E-state index in [4.69, 9.17) is 4.98 Å². The van der Waals surface area contributed by atoms with Crippen molar-refractivity contribution in [1.82, 2.24) is 4.98 Å². The number of benzene rings is 2. The van der Waals surface area contributed by atoms with Gasteiger partial charge in [-0.3, -0.25) is 4.98 Å². The average molecular weight is 374 g/mol. The van der Waals surface area contributed by atoms with Crippen LogP contribution in [0.15, 0.2) is 48.7 Å². The monoisotopic (exact) mass is 375 g/mol. The average Bonchev–Trinajstić information content (AvgIpc) is 2.66. The Labute approximate surface area is 182 Å². The zero-order valence-corrected chi connectivity index (χ0v) is 19.6. The molecule has 3 rings (SSSR count). The summed E-state index contributed by atoms with van der Waals surface area (Å²) in [5.74, 6) is 0.632. The van der Waals surface area contributed by atoms with Crippen molar-refractivity contribution in [2.75, 3.05) is 0 Å². The Morgan fingerprint density at radius 2 is 1.38 bits per heavy atom. The van der Waals surface area contributed by atoms with Crippen molar-refractivity contribution in [3.05, 3.63) is 65.4 Å². The minimum Gasteiger partial charge on any atom is -0.256 e. The van der Waals surface area contributed by atoms with E-state index in [9.17, 15) is 0 Å². The normalized spacial score (nSPS) is 12.5. The lowest BCUT2D eigenvalue weighted by Gasteiger charge is -2.26. The molecular weight excluding hydrogens is 343 g/mol. The second-order valence-electron chi connectivity index (χ2n) is 10.5. The van der Waals surface area contributed by atoms with Gasteiger partial charge in [-0.2, -0.15) is 0 Å². The molecule has 0 aliphatic rings. The number of nitrogens with zero attached hydrogens (tertiary/aromatic N) is 1. The quantitative estimate of drug-likeness (QED) is 0.546. The fourth-order valence-electron chi connectivity index (χ4n) is 4.07. The van der Waals surface area contributed by atoms with Gasteiger partial charge in [-0.25, -0.2) is 0 Å². The number of hydrogen-bond acceptors (Lipinski definition) is 1. The Hall–Kier alpha value is -1.76. The Balaban J connectivity index is 2.22. The van der Waals surface area contributed by atoms with Gasteiger partial charge in [0.1, 0.15) is 0 Å². The highest BCUT2D eigenvalue weighted by atomic mass is 14.7. The van der Waals surface area contributed by atoms with Crippen LogP contribution in [-0.2, 0) is 10.2 Å². The first-order valence-corrected chi connectivity index (χ1v) is 11.1. The smallest absolute Gasteiger partial charge is 0.0955 e. The molecule has 0 fully saturated rings. The van der Waals surface area contributed by atoms with Gasteiger partial charge in [0.2, 0.25) is 0 Å². The van der Waals surface area contributed by atoms with Crippen molar-refractivity contribution in [2.45, 2.75) is 42.8 Å². The molecule has 0 unspecified atom stereocenters. The standard InChI is InChI=1S/C22H31B6N/c1-3-13(4-2)14-5-6-19-15(9-14)7-8-29-20(19)16-10-17(21(23,24)25)12-18(11-16)22(26,27)28/h5-13H,3-4,23-28H2,1-2H3. The molecule has 29 heavy (non-hydrogen) atoms. The Bertz CT molecular complexity index is 984. The van der Waals surface area contributed by atoms with Crippen molar-refractivity contribution in [1.29, 1.82) is 0 Å². The highest BCUT2D eigenvalue weighted by Crippen LogP contribution is 2.34. The molecule has 0 N–H and O–H groups in total. The van der Waals surface area contributed by atoms with E-state index >= 15 is 0 Å². The van der Waals surface area contributed by atoms with Crippen molar-refractivity contribution >= 4 is 57.9 Å². The van der Waals surface area contributed by atoms with Gasteiger partial charge in [-0.1, -0.05) is 71.6 Å². The van der Waals surface area contributed by atoms with Crippen LogP contribution in [0.2, 0.25) is 0 Å². The highest BCUT2D eigenvalue weighted by molar-refractivity contribution is 6.60. The molecule has 0 radical (unpaired) electrons. The summed E-state index contributed by atoms with van der Waals surface area (Å²) < 4.78 is 0. The van der Waals surface area contributed by atoms with Gasteiger partial charge in [0.05, 0.1) is 52.8 Å². The molecule has 1 heterocycles. The third-order valence-electron chi connectivity index (χ3n) is 6.18. The highest BCUT2D eigenvalue weighted by Gasteiger charge is 2.22.